The van der Waals surface area contributed by atoms with Crippen LogP contribution in [-0.4, -0.2) is 46.8 Å². The molecule has 0 saturated carbocycles. The molecule has 0 radical (unpaired) electrons. The van der Waals surface area contributed by atoms with Gasteiger partial charge in [-0.25, -0.2) is 0 Å². The fraction of sp³-hybridized carbons (Fsp3) is 0.286. The maximum absolute atomic E-state index is 12.8. The predicted octanol–water partition coefficient (Wildman–Crippen LogP) is 3.97. The van der Waals surface area contributed by atoms with Crippen LogP contribution in [0.25, 0.3) is 6.08 Å². The van der Waals surface area contributed by atoms with Crippen LogP contribution in [0.1, 0.15) is 16.7 Å². The highest BCUT2D eigenvalue weighted by molar-refractivity contribution is 5.91. The van der Waals surface area contributed by atoms with E-state index < -0.39 is 16.7 Å². The van der Waals surface area contributed by atoms with Gasteiger partial charge in [0, 0.05) is 50.9 Å². The minimum Gasteiger partial charge on any atom is -0.337 e. The number of amides is 1. The Kier molecular flexibility index (Phi) is 6.51. The van der Waals surface area contributed by atoms with Crippen LogP contribution < -0.4 is 0 Å². The van der Waals surface area contributed by atoms with Crippen LogP contribution in [-0.2, 0) is 17.5 Å². The molecule has 0 aliphatic carbocycles. The Bertz CT molecular complexity index is 952. The topological polar surface area (TPSA) is 66.7 Å². The van der Waals surface area contributed by atoms with E-state index in [0.717, 1.165) is 12.1 Å². The van der Waals surface area contributed by atoms with Crippen LogP contribution in [0.4, 0.5) is 18.9 Å². The first-order valence-corrected chi connectivity index (χ1v) is 9.32. The van der Waals surface area contributed by atoms with Gasteiger partial charge >= 0.3 is 6.18 Å². The lowest BCUT2D eigenvalue weighted by Crippen LogP contribution is -2.47. The number of non-ortho nitro benzene ring substituents is 1. The molecule has 6 nitrogen and oxygen atoms in total. The van der Waals surface area contributed by atoms with Crippen LogP contribution >= 0.6 is 0 Å². The monoisotopic (exact) mass is 419 g/mol. The van der Waals surface area contributed by atoms with Gasteiger partial charge in [-0.1, -0.05) is 30.3 Å². The molecule has 0 atom stereocenters. The maximum atomic E-state index is 12.8. The van der Waals surface area contributed by atoms with Gasteiger partial charge in [-0.05, 0) is 23.3 Å². The number of hydrogen-bond donors (Lipinski definition) is 0. The molecule has 1 heterocycles. The van der Waals surface area contributed by atoms with E-state index in [1.807, 2.05) is 4.90 Å². The maximum Gasteiger partial charge on any atom is 0.416 e. The summed E-state index contributed by atoms with van der Waals surface area (Å²) in [6.45, 7) is 2.39. The Labute approximate surface area is 171 Å². The van der Waals surface area contributed by atoms with Crippen LogP contribution in [0.3, 0.4) is 0 Å². The molecule has 2 aromatic rings. The number of carbonyl (C=O) groups is 1. The molecule has 2 aromatic carbocycles. The van der Waals surface area contributed by atoms with Crippen LogP contribution in [0.5, 0.6) is 0 Å². The number of nitro groups is 1. The molecule has 1 amide bonds. The van der Waals surface area contributed by atoms with E-state index in [1.54, 1.807) is 23.1 Å². The van der Waals surface area contributed by atoms with E-state index in [-0.39, 0.29) is 11.6 Å². The van der Waals surface area contributed by atoms with Gasteiger partial charge in [0.05, 0.1) is 10.5 Å². The number of rotatable bonds is 5. The third-order valence-electron chi connectivity index (χ3n) is 4.84. The highest BCUT2D eigenvalue weighted by atomic mass is 19.4. The van der Waals surface area contributed by atoms with Gasteiger partial charge in [0.25, 0.3) is 5.69 Å². The second-order valence-electron chi connectivity index (χ2n) is 6.99. The van der Waals surface area contributed by atoms with E-state index in [0.29, 0.717) is 43.9 Å². The minimum atomic E-state index is -4.37. The van der Waals surface area contributed by atoms with Gasteiger partial charge in [0.2, 0.25) is 5.91 Å². The van der Waals surface area contributed by atoms with E-state index in [4.69, 9.17) is 0 Å². The van der Waals surface area contributed by atoms with E-state index >= 15 is 0 Å². The number of carbonyl (C=O) groups excluding carboxylic acids is 1. The Morgan fingerprint density at radius 3 is 2.43 bits per heavy atom. The lowest BCUT2D eigenvalue weighted by molar-refractivity contribution is -0.384. The molecule has 1 saturated heterocycles. The van der Waals surface area contributed by atoms with Crippen LogP contribution in [0.2, 0.25) is 0 Å². The molecule has 30 heavy (non-hydrogen) atoms. The quantitative estimate of drug-likeness (QED) is 0.418. The lowest BCUT2D eigenvalue weighted by Gasteiger charge is -2.34. The summed E-state index contributed by atoms with van der Waals surface area (Å²) in [6.07, 6.45) is -1.46. The van der Waals surface area contributed by atoms with Crippen molar-refractivity contribution in [3.05, 3.63) is 81.4 Å². The zero-order valence-electron chi connectivity index (χ0n) is 16.0. The van der Waals surface area contributed by atoms with Gasteiger partial charge in [-0.3, -0.25) is 19.8 Å². The number of nitrogens with zero attached hydrogens (tertiary/aromatic N) is 3. The normalized spacial score (nSPS) is 15.5. The summed E-state index contributed by atoms with van der Waals surface area (Å²) in [5.74, 6) is -0.208. The first kappa shape index (κ1) is 21.5. The summed E-state index contributed by atoms with van der Waals surface area (Å²) in [5, 5.41) is 10.8. The van der Waals surface area contributed by atoms with Gasteiger partial charge in [0.1, 0.15) is 0 Å². The van der Waals surface area contributed by atoms with Gasteiger partial charge in [-0.15, -0.1) is 0 Å². The average molecular weight is 419 g/mol. The number of nitro benzene ring substituents is 1. The summed E-state index contributed by atoms with van der Waals surface area (Å²) in [4.78, 5) is 26.3. The number of piperazine rings is 1. The first-order chi connectivity index (χ1) is 14.2. The zero-order valence-corrected chi connectivity index (χ0v) is 16.0. The fourth-order valence-electron chi connectivity index (χ4n) is 3.25. The number of benzene rings is 2. The van der Waals surface area contributed by atoms with Crippen LogP contribution in [0, 0.1) is 10.1 Å². The Hall–Kier alpha value is -3.20. The van der Waals surface area contributed by atoms with Crippen molar-refractivity contribution in [2.75, 3.05) is 26.2 Å². The molecule has 0 unspecified atom stereocenters. The van der Waals surface area contributed by atoms with E-state index in [2.05, 4.69) is 0 Å². The SMILES string of the molecule is O=C(/C=C/c1cccc([N+](=O)[O-])c1)N1CCN(Cc2cccc(C(F)(F)F)c2)CC1. The summed E-state index contributed by atoms with van der Waals surface area (Å²) in [5.41, 5.74) is 0.420. The van der Waals surface area contributed by atoms with Crippen molar-refractivity contribution in [1.29, 1.82) is 0 Å². The molecular formula is C21H20F3N3O3. The standard InChI is InChI=1S/C21H20F3N3O3/c22-21(23,24)18-5-1-4-17(13-18)15-25-9-11-26(12-10-25)20(28)8-7-16-3-2-6-19(14-16)27(29)30/h1-8,13-14H,9-12,15H2/b8-7+. The van der Waals surface area contributed by atoms with Crippen LogP contribution in [0.15, 0.2) is 54.6 Å². The second-order valence-corrected chi connectivity index (χ2v) is 6.99. The summed E-state index contributed by atoms with van der Waals surface area (Å²) in [6, 6.07) is 11.2. The third kappa shape index (κ3) is 5.66. The molecule has 1 fully saturated rings. The molecule has 0 spiro atoms. The Morgan fingerprint density at radius 2 is 1.77 bits per heavy atom. The average Bonchev–Trinajstić information content (AvgIpc) is 2.72. The first-order valence-electron chi connectivity index (χ1n) is 9.32. The van der Waals surface area contributed by atoms with Crippen molar-refractivity contribution < 1.29 is 22.9 Å². The lowest BCUT2D eigenvalue weighted by atomic mass is 10.1. The van der Waals surface area contributed by atoms with E-state index in [1.165, 1.54) is 30.4 Å². The fourth-order valence-corrected chi connectivity index (χ4v) is 3.25. The van der Waals surface area contributed by atoms with Crippen molar-refractivity contribution >= 4 is 17.7 Å². The zero-order chi connectivity index (χ0) is 21.7. The molecule has 1 aliphatic rings. The third-order valence-corrected chi connectivity index (χ3v) is 4.84. The van der Waals surface area contributed by atoms with Crippen molar-refractivity contribution in [2.45, 2.75) is 12.7 Å². The summed E-state index contributed by atoms with van der Waals surface area (Å²) >= 11 is 0. The van der Waals surface area contributed by atoms with Crippen molar-refractivity contribution in [1.82, 2.24) is 9.80 Å². The molecular weight excluding hydrogens is 399 g/mol. The highest BCUT2D eigenvalue weighted by Crippen LogP contribution is 2.29. The molecule has 9 heteroatoms. The molecule has 0 N–H and O–H groups in total. The number of hydrogen-bond acceptors (Lipinski definition) is 4. The summed E-state index contributed by atoms with van der Waals surface area (Å²) in [7, 11) is 0. The van der Waals surface area contributed by atoms with Gasteiger partial charge < -0.3 is 4.90 Å². The largest absolute Gasteiger partial charge is 0.416 e. The predicted molar refractivity (Wildman–Crippen MR) is 105 cm³/mol. The Morgan fingerprint density at radius 1 is 1.07 bits per heavy atom. The number of alkyl halides is 3. The Balaban J connectivity index is 1.53. The van der Waals surface area contributed by atoms with Crippen molar-refractivity contribution in [2.24, 2.45) is 0 Å². The summed E-state index contributed by atoms with van der Waals surface area (Å²) < 4.78 is 38.5. The van der Waals surface area contributed by atoms with Crippen molar-refractivity contribution in [3.8, 4) is 0 Å². The number of halogens is 3. The molecule has 1 aliphatic heterocycles. The molecule has 0 bridgehead atoms. The van der Waals surface area contributed by atoms with E-state index in [9.17, 15) is 28.1 Å². The molecule has 158 valence electrons. The minimum absolute atomic E-state index is 0.0483. The molecule has 3 rings (SSSR count). The highest BCUT2D eigenvalue weighted by Gasteiger charge is 2.30. The van der Waals surface area contributed by atoms with Gasteiger partial charge in [0.15, 0.2) is 0 Å². The second kappa shape index (κ2) is 9.08. The smallest absolute Gasteiger partial charge is 0.337 e. The molecule has 0 aromatic heterocycles. The van der Waals surface area contributed by atoms with Gasteiger partial charge in [-0.2, -0.15) is 13.2 Å². The van der Waals surface area contributed by atoms with Crippen molar-refractivity contribution in [3.63, 3.8) is 0 Å².